The molecule has 1 heterocycles. The van der Waals surface area contributed by atoms with Crippen molar-refractivity contribution in [2.45, 2.75) is 20.3 Å². The summed E-state index contributed by atoms with van der Waals surface area (Å²) in [6.45, 7) is 4.23. The van der Waals surface area contributed by atoms with E-state index in [2.05, 4.69) is 37.1 Å². The molecule has 0 spiro atoms. The van der Waals surface area contributed by atoms with Crippen molar-refractivity contribution in [2.24, 2.45) is 7.05 Å². The summed E-state index contributed by atoms with van der Waals surface area (Å²) in [6, 6.07) is 6.55. The summed E-state index contributed by atoms with van der Waals surface area (Å²) < 4.78 is 1.93. The van der Waals surface area contributed by atoms with Gasteiger partial charge in [0.05, 0.1) is 11.2 Å². The van der Waals surface area contributed by atoms with Gasteiger partial charge < -0.3 is 0 Å². The highest BCUT2D eigenvalue weighted by molar-refractivity contribution is 5.82. The first-order valence-corrected chi connectivity index (χ1v) is 4.64. The smallest absolute Gasteiger partial charge is 0.0682 e. The van der Waals surface area contributed by atoms with Gasteiger partial charge in [0.2, 0.25) is 0 Å². The molecule has 2 heteroatoms. The minimum Gasteiger partial charge on any atom is -0.268 e. The number of rotatable bonds is 1. The van der Waals surface area contributed by atoms with Gasteiger partial charge in [0, 0.05) is 12.4 Å². The van der Waals surface area contributed by atoms with Crippen molar-refractivity contribution in [3.8, 4) is 0 Å². The van der Waals surface area contributed by atoms with Crippen LogP contribution in [0, 0.1) is 6.92 Å². The third kappa shape index (κ3) is 1.22. The first-order valence-electron chi connectivity index (χ1n) is 4.64. The Labute approximate surface area is 78.2 Å². The largest absolute Gasteiger partial charge is 0.268 e. The quantitative estimate of drug-likeness (QED) is 0.649. The molecule has 0 bridgehead atoms. The number of aryl methyl sites for hydroxylation is 3. The molecular weight excluding hydrogens is 160 g/mol. The van der Waals surface area contributed by atoms with Crippen molar-refractivity contribution in [2.75, 3.05) is 0 Å². The van der Waals surface area contributed by atoms with Gasteiger partial charge in [0.15, 0.2) is 0 Å². The Hall–Kier alpha value is -1.31. The van der Waals surface area contributed by atoms with Crippen LogP contribution in [-0.2, 0) is 13.5 Å². The van der Waals surface area contributed by atoms with E-state index in [9.17, 15) is 0 Å². The molecule has 2 rings (SSSR count). The molecule has 0 atom stereocenters. The van der Waals surface area contributed by atoms with Crippen LogP contribution in [0.15, 0.2) is 18.2 Å². The fourth-order valence-electron chi connectivity index (χ4n) is 1.71. The average Bonchev–Trinajstić information content (AvgIpc) is 2.42. The predicted molar refractivity (Wildman–Crippen MR) is 54.8 cm³/mol. The first kappa shape index (κ1) is 8.30. The highest BCUT2D eigenvalue weighted by atomic mass is 15.3. The molecule has 0 aliphatic carbocycles. The van der Waals surface area contributed by atoms with E-state index in [1.54, 1.807) is 0 Å². The fraction of sp³-hybridized carbons (Fsp3) is 0.364. The van der Waals surface area contributed by atoms with E-state index < -0.39 is 0 Å². The van der Waals surface area contributed by atoms with Gasteiger partial charge in [-0.3, -0.25) is 4.68 Å². The third-order valence-electron chi connectivity index (χ3n) is 2.51. The van der Waals surface area contributed by atoms with Crippen LogP contribution in [0.5, 0.6) is 0 Å². The lowest BCUT2D eigenvalue weighted by molar-refractivity contribution is 0.783. The van der Waals surface area contributed by atoms with E-state index in [4.69, 9.17) is 0 Å². The SMILES string of the molecule is CCc1ccc2c(c1)c(C)nn2C. The normalized spacial score (nSPS) is 11.0. The van der Waals surface area contributed by atoms with Gasteiger partial charge >= 0.3 is 0 Å². The van der Waals surface area contributed by atoms with Gasteiger partial charge in [-0.05, 0) is 31.0 Å². The van der Waals surface area contributed by atoms with Crippen molar-refractivity contribution >= 4 is 10.9 Å². The molecule has 0 unspecified atom stereocenters. The second kappa shape index (κ2) is 2.87. The van der Waals surface area contributed by atoms with Gasteiger partial charge in [-0.15, -0.1) is 0 Å². The molecule has 2 nitrogen and oxygen atoms in total. The molecule has 68 valence electrons. The van der Waals surface area contributed by atoms with Crippen LogP contribution in [0.1, 0.15) is 18.2 Å². The molecule has 0 saturated heterocycles. The topological polar surface area (TPSA) is 17.8 Å². The van der Waals surface area contributed by atoms with Gasteiger partial charge in [-0.2, -0.15) is 5.10 Å². The standard InChI is InChI=1S/C11H14N2/c1-4-9-5-6-11-10(7-9)8(2)12-13(11)3/h5-7H,4H2,1-3H3. The van der Waals surface area contributed by atoms with Crippen LogP contribution in [0.4, 0.5) is 0 Å². The maximum absolute atomic E-state index is 4.38. The molecule has 2 aromatic rings. The van der Waals surface area contributed by atoms with Crippen LogP contribution >= 0.6 is 0 Å². The minimum atomic E-state index is 1.09. The summed E-state index contributed by atoms with van der Waals surface area (Å²) in [4.78, 5) is 0. The molecule has 0 N–H and O–H groups in total. The fourth-order valence-corrected chi connectivity index (χ4v) is 1.71. The van der Waals surface area contributed by atoms with Crippen molar-refractivity contribution < 1.29 is 0 Å². The maximum atomic E-state index is 4.38. The van der Waals surface area contributed by atoms with Crippen LogP contribution in [-0.4, -0.2) is 9.78 Å². The zero-order chi connectivity index (χ0) is 9.42. The predicted octanol–water partition coefficient (Wildman–Crippen LogP) is 2.44. The highest BCUT2D eigenvalue weighted by Crippen LogP contribution is 2.18. The summed E-state index contributed by atoms with van der Waals surface area (Å²) in [5, 5.41) is 5.66. The van der Waals surface area contributed by atoms with E-state index in [0.717, 1.165) is 12.1 Å². The lowest BCUT2D eigenvalue weighted by atomic mass is 10.1. The number of benzene rings is 1. The lowest BCUT2D eigenvalue weighted by Gasteiger charge is -1.97. The molecule has 1 aromatic carbocycles. The average molecular weight is 174 g/mol. The van der Waals surface area contributed by atoms with E-state index >= 15 is 0 Å². The van der Waals surface area contributed by atoms with Crippen molar-refractivity contribution in [3.63, 3.8) is 0 Å². The number of fused-ring (bicyclic) bond motifs is 1. The van der Waals surface area contributed by atoms with Crippen LogP contribution < -0.4 is 0 Å². The Kier molecular flexibility index (Phi) is 1.83. The van der Waals surface area contributed by atoms with Gasteiger partial charge in [-0.1, -0.05) is 13.0 Å². The van der Waals surface area contributed by atoms with Crippen LogP contribution in [0.3, 0.4) is 0 Å². The summed E-state index contributed by atoms with van der Waals surface area (Å²) in [7, 11) is 1.99. The number of hydrogen-bond donors (Lipinski definition) is 0. The molecule has 1 aromatic heterocycles. The zero-order valence-corrected chi connectivity index (χ0v) is 8.33. The minimum absolute atomic E-state index is 1.09. The van der Waals surface area contributed by atoms with Crippen molar-refractivity contribution in [1.82, 2.24) is 9.78 Å². The van der Waals surface area contributed by atoms with Crippen molar-refractivity contribution in [3.05, 3.63) is 29.5 Å². The Bertz CT molecular complexity index is 441. The number of aromatic nitrogens is 2. The third-order valence-corrected chi connectivity index (χ3v) is 2.51. The molecule has 0 radical (unpaired) electrons. The van der Waals surface area contributed by atoms with Gasteiger partial charge in [-0.25, -0.2) is 0 Å². The lowest BCUT2D eigenvalue weighted by Crippen LogP contribution is -1.89. The monoisotopic (exact) mass is 174 g/mol. The second-order valence-electron chi connectivity index (χ2n) is 3.41. The van der Waals surface area contributed by atoms with Crippen LogP contribution in [0.2, 0.25) is 0 Å². The van der Waals surface area contributed by atoms with Crippen LogP contribution in [0.25, 0.3) is 10.9 Å². The van der Waals surface area contributed by atoms with E-state index in [-0.39, 0.29) is 0 Å². The van der Waals surface area contributed by atoms with E-state index in [1.807, 2.05) is 11.7 Å². The molecule has 0 amide bonds. The van der Waals surface area contributed by atoms with E-state index in [0.29, 0.717) is 0 Å². The number of nitrogens with zero attached hydrogens (tertiary/aromatic N) is 2. The zero-order valence-electron chi connectivity index (χ0n) is 8.33. The Morgan fingerprint density at radius 2 is 2.15 bits per heavy atom. The second-order valence-corrected chi connectivity index (χ2v) is 3.41. The Morgan fingerprint density at radius 3 is 2.85 bits per heavy atom. The number of hydrogen-bond acceptors (Lipinski definition) is 1. The summed E-state index contributed by atoms with van der Waals surface area (Å²) in [6.07, 6.45) is 1.09. The van der Waals surface area contributed by atoms with Gasteiger partial charge in [0.25, 0.3) is 0 Å². The van der Waals surface area contributed by atoms with E-state index in [1.165, 1.54) is 16.5 Å². The van der Waals surface area contributed by atoms with Gasteiger partial charge in [0.1, 0.15) is 0 Å². The summed E-state index contributed by atoms with van der Waals surface area (Å²) in [5.41, 5.74) is 3.71. The molecule has 13 heavy (non-hydrogen) atoms. The Morgan fingerprint density at radius 1 is 1.38 bits per heavy atom. The maximum Gasteiger partial charge on any atom is 0.0682 e. The molecule has 0 aliphatic rings. The molecular formula is C11H14N2. The molecule has 0 saturated carbocycles. The van der Waals surface area contributed by atoms with Crippen molar-refractivity contribution in [1.29, 1.82) is 0 Å². The highest BCUT2D eigenvalue weighted by Gasteiger charge is 2.03. The Balaban J connectivity index is 2.76. The molecule has 0 aliphatic heterocycles. The summed E-state index contributed by atoms with van der Waals surface area (Å²) in [5.74, 6) is 0. The summed E-state index contributed by atoms with van der Waals surface area (Å²) >= 11 is 0. The first-order chi connectivity index (χ1) is 6.22. The molecule has 0 fully saturated rings.